The first-order chi connectivity index (χ1) is 9.05. The number of carbonyl (C=O) groups is 3. The van der Waals surface area contributed by atoms with Gasteiger partial charge in [-0.3, -0.25) is 4.79 Å². The molecule has 0 fully saturated rings. The van der Waals surface area contributed by atoms with Crippen molar-refractivity contribution < 1.29 is 23.9 Å². The smallest absolute Gasteiger partial charge is 0.408 e. The molecule has 0 radical (unpaired) electrons. The fourth-order valence-electron chi connectivity index (χ4n) is 1.36. The predicted molar refractivity (Wildman–Crippen MR) is 72.8 cm³/mol. The Morgan fingerprint density at radius 2 is 1.75 bits per heavy atom. The first-order valence-electron chi connectivity index (χ1n) is 6.49. The van der Waals surface area contributed by atoms with E-state index in [1.165, 1.54) is 0 Å². The highest BCUT2D eigenvalue weighted by atomic mass is 16.6. The van der Waals surface area contributed by atoms with Crippen molar-refractivity contribution in [2.24, 2.45) is 11.7 Å². The van der Waals surface area contributed by atoms with Crippen LogP contribution in [0.2, 0.25) is 0 Å². The van der Waals surface area contributed by atoms with Crippen LogP contribution in [0.5, 0.6) is 0 Å². The SMILES string of the molecule is CC(C)C[C@H](NC(=O)OC(C)(C)C)C(=O)OC(=O)CN. The maximum absolute atomic E-state index is 11.8. The maximum Gasteiger partial charge on any atom is 0.408 e. The minimum atomic E-state index is -0.944. The molecule has 0 bridgehead atoms. The van der Waals surface area contributed by atoms with Crippen LogP contribution in [-0.4, -0.2) is 36.2 Å². The summed E-state index contributed by atoms with van der Waals surface area (Å²) in [5, 5.41) is 2.41. The Bertz CT molecular complexity index is 360. The number of nitrogens with two attached hydrogens (primary N) is 1. The summed E-state index contributed by atoms with van der Waals surface area (Å²) in [6.07, 6.45) is -0.407. The van der Waals surface area contributed by atoms with Gasteiger partial charge >= 0.3 is 18.0 Å². The maximum atomic E-state index is 11.8. The molecule has 0 aromatic carbocycles. The average molecular weight is 288 g/mol. The molecule has 1 amide bonds. The number of hydrogen-bond acceptors (Lipinski definition) is 6. The van der Waals surface area contributed by atoms with E-state index in [1.807, 2.05) is 13.8 Å². The molecule has 0 spiro atoms. The normalized spacial score (nSPS) is 12.8. The number of hydrogen-bond donors (Lipinski definition) is 2. The van der Waals surface area contributed by atoms with Gasteiger partial charge in [0.1, 0.15) is 11.6 Å². The van der Waals surface area contributed by atoms with Crippen molar-refractivity contribution in [3.05, 3.63) is 0 Å². The molecule has 0 aliphatic rings. The summed E-state index contributed by atoms with van der Waals surface area (Å²) in [6.45, 7) is 8.48. The van der Waals surface area contributed by atoms with Crippen LogP contribution < -0.4 is 11.1 Å². The molecule has 7 heteroatoms. The van der Waals surface area contributed by atoms with E-state index in [0.717, 1.165) is 0 Å². The summed E-state index contributed by atoms with van der Waals surface area (Å²) in [5.41, 5.74) is 4.39. The van der Waals surface area contributed by atoms with Crippen molar-refractivity contribution >= 4 is 18.0 Å². The van der Waals surface area contributed by atoms with Crippen LogP contribution in [-0.2, 0) is 19.1 Å². The Labute approximate surface area is 119 Å². The van der Waals surface area contributed by atoms with E-state index in [1.54, 1.807) is 20.8 Å². The highest BCUT2D eigenvalue weighted by Gasteiger charge is 2.27. The van der Waals surface area contributed by atoms with E-state index in [2.05, 4.69) is 10.1 Å². The Morgan fingerprint density at radius 1 is 1.20 bits per heavy atom. The van der Waals surface area contributed by atoms with Gasteiger partial charge < -0.3 is 20.5 Å². The summed E-state index contributed by atoms with van der Waals surface area (Å²) < 4.78 is 9.58. The molecule has 0 heterocycles. The molecule has 0 aromatic rings. The fraction of sp³-hybridized carbons (Fsp3) is 0.769. The van der Waals surface area contributed by atoms with Gasteiger partial charge in [0.15, 0.2) is 0 Å². The molecule has 0 rings (SSSR count). The van der Waals surface area contributed by atoms with Crippen molar-refractivity contribution in [3.63, 3.8) is 0 Å². The molecule has 7 nitrogen and oxygen atoms in total. The predicted octanol–water partition coefficient (Wildman–Crippen LogP) is 0.954. The van der Waals surface area contributed by atoms with Gasteiger partial charge in [-0.05, 0) is 33.1 Å². The number of ether oxygens (including phenoxy) is 2. The zero-order valence-corrected chi connectivity index (χ0v) is 12.7. The molecule has 0 saturated heterocycles. The van der Waals surface area contributed by atoms with Crippen LogP contribution in [0.3, 0.4) is 0 Å². The minimum absolute atomic E-state index is 0.121. The Balaban J connectivity index is 4.68. The van der Waals surface area contributed by atoms with Crippen LogP contribution >= 0.6 is 0 Å². The summed E-state index contributed by atoms with van der Waals surface area (Å²) in [4.78, 5) is 34.5. The number of esters is 2. The Hall–Kier alpha value is -1.63. The highest BCUT2D eigenvalue weighted by Crippen LogP contribution is 2.10. The van der Waals surface area contributed by atoms with E-state index < -0.39 is 36.2 Å². The lowest BCUT2D eigenvalue weighted by atomic mass is 10.0. The van der Waals surface area contributed by atoms with Gasteiger partial charge in [0, 0.05) is 0 Å². The zero-order valence-electron chi connectivity index (χ0n) is 12.7. The van der Waals surface area contributed by atoms with Crippen LogP contribution in [0.4, 0.5) is 4.79 Å². The number of nitrogens with one attached hydrogen (secondary N) is 1. The Morgan fingerprint density at radius 3 is 2.15 bits per heavy atom. The van der Waals surface area contributed by atoms with Crippen LogP contribution in [0.15, 0.2) is 0 Å². The van der Waals surface area contributed by atoms with Gasteiger partial charge in [-0.2, -0.15) is 0 Å². The lowest BCUT2D eigenvalue weighted by Gasteiger charge is -2.23. The quantitative estimate of drug-likeness (QED) is 0.576. The minimum Gasteiger partial charge on any atom is -0.444 e. The van der Waals surface area contributed by atoms with Gasteiger partial charge in [-0.15, -0.1) is 0 Å². The van der Waals surface area contributed by atoms with Crippen molar-refractivity contribution in [3.8, 4) is 0 Å². The van der Waals surface area contributed by atoms with E-state index >= 15 is 0 Å². The molecule has 0 saturated carbocycles. The van der Waals surface area contributed by atoms with E-state index in [-0.39, 0.29) is 5.92 Å². The van der Waals surface area contributed by atoms with Gasteiger partial charge in [0.25, 0.3) is 0 Å². The summed E-state index contributed by atoms with van der Waals surface area (Å²) in [6, 6.07) is -0.944. The molecule has 0 aromatic heterocycles. The number of alkyl carbamates (subject to hydrolysis) is 1. The van der Waals surface area contributed by atoms with Gasteiger partial charge in [0.2, 0.25) is 0 Å². The molecule has 0 aliphatic heterocycles. The third kappa shape index (κ3) is 8.47. The van der Waals surface area contributed by atoms with Gasteiger partial charge in [0.05, 0.1) is 6.54 Å². The number of rotatable bonds is 5. The highest BCUT2D eigenvalue weighted by molar-refractivity contribution is 5.90. The lowest BCUT2D eigenvalue weighted by Crippen LogP contribution is -2.45. The largest absolute Gasteiger partial charge is 0.444 e. The first-order valence-corrected chi connectivity index (χ1v) is 6.49. The second kappa shape index (κ2) is 7.84. The van der Waals surface area contributed by atoms with Gasteiger partial charge in [-0.25, -0.2) is 9.59 Å². The van der Waals surface area contributed by atoms with Crippen molar-refractivity contribution in [1.82, 2.24) is 5.32 Å². The fourth-order valence-corrected chi connectivity index (χ4v) is 1.36. The second-order valence-electron chi connectivity index (χ2n) is 5.83. The van der Waals surface area contributed by atoms with Crippen molar-refractivity contribution in [2.45, 2.75) is 52.7 Å². The van der Waals surface area contributed by atoms with E-state index in [0.29, 0.717) is 6.42 Å². The van der Waals surface area contributed by atoms with Crippen LogP contribution in [0.25, 0.3) is 0 Å². The zero-order chi connectivity index (χ0) is 15.9. The molecule has 0 aliphatic carbocycles. The van der Waals surface area contributed by atoms with Gasteiger partial charge in [-0.1, -0.05) is 13.8 Å². The summed E-state index contributed by atoms with van der Waals surface area (Å²) >= 11 is 0. The number of carbonyl (C=O) groups excluding carboxylic acids is 3. The number of amides is 1. The molecule has 1 atom stereocenters. The molecule has 0 unspecified atom stereocenters. The van der Waals surface area contributed by atoms with Crippen molar-refractivity contribution in [2.75, 3.05) is 6.54 Å². The van der Waals surface area contributed by atoms with Crippen LogP contribution in [0.1, 0.15) is 41.0 Å². The van der Waals surface area contributed by atoms with Crippen LogP contribution in [0, 0.1) is 5.92 Å². The molecule has 3 N–H and O–H groups in total. The first kappa shape index (κ1) is 18.4. The molecule has 116 valence electrons. The summed E-state index contributed by atoms with van der Waals surface area (Å²) in [7, 11) is 0. The van der Waals surface area contributed by atoms with E-state index in [9.17, 15) is 14.4 Å². The Kier molecular flexibility index (Phi) is 7.20. The second-order valence-corrected chi connectivity index (χ2v) is 5.83. The third-order valence-corrected chi connectivity index (χ3v) is 2.06. The van der Waals surface area contributed by atoms with Crippen molar-refractivity contribution in [1.29, 1.82) is 0 Å². The third-order valence-electron chi connectivity index (χ3n) is 2.06. The topological polar surface area (TPSA) is 108 Å². The standard InChI is InChI=1S/C13H24N2O5/c1-8(2)6-9(11(17)19-10(16)7-14)15-12(18)20-13(3,4)5/h8-9H,6-7,14H2,1-5H3,(H,15,18)/t9-/m0/s1. The average Bonchev–Trinajstić information content (AvgIpc) is 2.24. The lowest BCUT2D eigenvalue weighted by molar-refractivity contribution is -0.160. The molecular weight excluding hydrogens is 264 g/mol. The monoisotopic (exact) mass is 288 g/mol. The molecular formula is C13H24N2O5. The molecule has 20 heavy (non-hydrogen) atoms. The van der Waals surface area contributed by atoms with E-state index in [4.69, 9.17) is 10.5 Å². The summed E-state index contributed by atoms with van der Waals surface area (Å²) in [5.74, 6) is -1.55.